The molecule has 196 valence electrons. The molecule has 37 heavy (non-hydrogen) atoms. The quantitative estimate of drug-likeness (QED) is 0.153. The van der Waals surface area contributed by atoms with Crippen LogP contribution in [0, 0.1) is 6.07 Å². The van der Waals surface area contributed by atoms with Gasteiger partial charge in [0, 0.05) is 13.5 Å². The topological polar surface area (TPSA) is 40.5 Å². The Balaban J connectivity index is 0.000000333. The molecule has 0 radical (unpaired) electrons. The molecule has 0 aliphatic carbocycles. The van der Waals surface area contributed by atoms with Crippen molar-refractivity contribution in [1.82, 2.24) is 4.90 Å². The van der Waals surface area contributed by atoms with Gasteiger partial charge in [-0.25, -0.2) is 0 Å². The van der Waals surface area contributed by atoms with Crippen molar-refractivity contribution in [3.63, 3.8) is 0 Å². The Morgan fingerprint density at radius 2 is 1.19 bits per heavy atom. The van der Waals surface area contributed by atoms with Crippen molar-refractivity contribution in [1.29, 1.82) is 0 Å². The second-order valence-electron chi connectivity index (χ2n) is 8.47. The first kappa shape index (κ1) is 32.4. The molecule has 0 saturated carbocycles. The molecular formula is C32H38NO2PPd+2. The molecule has 0 fully saturated rings. The Hall–Kier alpha value is -2.60. The molecule has 0 spiro atoms. The van der Waals surface area contributed by atoms with Crippen LogP contribution in [0.1, 0.15) is 32.3 Å². The predicted octanol–water partition coefficient (Wildman–Crippen LogP) is 5.98. The van der Waals surface area contributed by atoms with Gasteiger partial charge in [-0.05, 0) is 56.4 Å². The number of carbonyl (C=O) groups is 1. The van der Waals surface area contributed by atoms with Crippen molar-refractivity contribution in [2.75, 3.05) is 13.6 Å². The Morgan fingerprint density at radius 1 is 0.784 bits per heavy atom. The minimum atomic E-state index is -0.877. The van der Waals surface area contributed by atoms with Crippen LogP contribution in [0.5, 0.6) is 0 Å². The SMILES string of the molecule is CC(=O)O.CCCCN(C)Cc1[c-]cccc1.[Pd+2].c1ccc([PH+](c2ccccc2)c2ccccc2)cc1. The first-order valence-corrected chi connectivity index (χ1v) is 13.9. The van der Waals surface area contributed by atoms with Gasteiger partial charge in [0.05, 0.1) is 7.92 Å². The fourth-order valence-corrected chi connectivity index (χ4v) is 6.22. The van der Waals surface area contributed by atoms with Gasteiger partial charge in [0.15, 0.2) is 0 Å². The first-order chi connectivity index (χ1) is 17.5. The average Bonchev–Trinajstić information content (AvgIpc) is 2.90. The van der Waals surface area contributed by atoms with E-state index in [-0.39, 0.29) is 20.4 Å². The summed E-state index contributed by atoms with van der Waals surface area (Å²) in [4.78, 5) is 11.3. The summed E-state index contributed by atoms with van der Waals surface area (Å²) < 4.78 is 0. The fraction of sp³-hybridized carbons (Fsp3) is 0.219. The number of nitrogens with zero attached hydrogens (tertiary/aromatic N) is 1. The number of carboxylic acid groups (broad SMARTS) is 1. The third kappa shape index (κ3) is 13.5. The molecule has 0 aliphatic rings. The molecule has 5 heteroatoms. The van der Waals surface area contributed by atoms with E-state index in [2.05, 4.69) is 128 Å². The second kappa shape index (κ2) is 19.5. The number of unbranched alkanes of at least 4 members (excludes halogenated alkanes) is 1. The van der Waals surface area contributed by atoms with Crippen LogP contribution in [0.4, 0.5) is 0 Å². The zero-order valence-corrected chi connectivity index (χ0v) is 24.5. The van der Waals surface area contributed by atoms with Crippen LogP contribution >= 0.6 is 7.92 Å². The van der Waals surface area contributed by atoms with Crippen LogP contribution in [0.3, 0.4) is 0 Å². The molecule has 0 unspecified atom stereocenters. The van der Waals surface area contributed by atoms with Gasteiger partial charge in [0.2, 0.25) is 0 Å². The largest absolute Gasteiger partial charge is 2.00 e. The molecule has 3 nitrogen and oxygen atoms in total. The molecule has 4 aromatic carbocycles. The number of hydrogen-bond donors (Lipinski definition) is 1. The van der Waals surface area contributed by atoms with Gasteiger partial charge in [-0.1, -0.05) is 67.9 Å². The molecule has 0 aromatic heterocycles. The van der Waals surface area contributed by atoms with E-state index in [1.807, 2.05) is 12.1 Å². The zero-order valence-electron chi connectivity index (χ0n) is 21.9. The van der Waals surface area contributed by atoms with E-state index in [0.29, 0.717) is 0 Å². The van der Waals surface area contributed by atoms with Gasteiger partial charge in [0.1, 0.15) is 15.9 Å². The van der Waals surface area contributed by atoms with Crippen LogP contribution in [-0.4, -0.2) is 29.6 Å². The van der Waals surface area contributed by atoms with E-state index in [1.54, 1.807) is 0 Å². The third-order valence-electron chi connectivity index (χ3n) is 5.29. The van der Waals surface area contributed by atoms with Crippen molar-refractivity contribution in [2.45, 2.75) is 33.2 Å². The Morgan fingerprint density at radius 3 is 1.54 bits per heavy atom. The maximum Gasteiger partial charge on any atom is 2.00 e. The summed E-state index contributed by atoms with van der Waals surface area (Å²) in [6, 6.07) is 43.9. The van der Waals surface area contributed by atoms with E-state index in [4.69, 9.17) is 9.90 Å². The summed E-state index contributed by atoms with van der Waals surface area (Å²) in [5, 5.41) is 11.7. The maximum atomic E-state index is 9.00. The van der Waals surface area contributed by atoms with Crippen LogP contribution in [0.25, 0.3) is 0 Å². The van der Waals surface area contributed by atoms with Crippen LogP contribution in [0.15, 0.2) is 115 Å². The minimum absolute atomic E-state index is 0. The summed E-state index contributed by atoms with van der Waals surface area (Å²) in [6.07, 6.45) is 2.55. The van der Waals surface area contributed by atoms with Crippen molar-refractivity contribution < 1.29 is 30.3 Å². The van der Waals surface area contributed by atoms with Crippen LogP contribution in [0.2, 0.25) is 0 Å². The summed E-state index contributed by atoms with van der Waals surface area (Å²) in [7, 11) is 1.29. The zero-order chi connectivity index (χ0) is 26.0. The molecule has 0 aliphatic heterocycles. The van der Waals surface area contributed by atoms with Gasteiger partial charge in [-0.15, -0.1) is 5.56 Å². The normalized spacial score (nSPS) is 9.86. The smallest absolute Gasteiger partial charge is 0.481 e. The number of rotatable bonds is 8. The van der Waals surface area contributed by atoms with Gasteiger partial charge < -0.3 is 10.0 Å². The number of benzene rings is 4. The van der Waals surface area contributed by atoms with Gasteiger partial charge >= 0.3 is 20.4 Å². The Labute approximate surface area is 238 Å². The van der Waals surface area contributed by atoms with Crippen LogP contribution in [-0.2, 0) is 31.8 Å². The fourth-order valence-electron chi connectivity index (χ4n) is 3.64. The third-order valence-corrected chi connectivity index (χ3v) is 8.03. The van der Waals surface area contributed by atoms with E-state index in [1.165, 1.54) is 40.9 Å². The molecule has 4 rings (SSSR count). The molecular weight excluding hydrogens is 568 g/mol. The number of aliphatic carboxylic acids is 1. The molecule has 1 N–H and O–H groups in total. The van der Waals surface area contributed by atoms with Gasteiger partial charge in [0.25, 0.3) is 5.97 Å². The van der Waals surface area contributed by atoms with E-state index in [9.17, 15) is 0 Å². The van der Waals surface area contributed by atoms with Gasteiger partial charge in [-0.3, -0.25) is 4.79 Å². The summed E-state index contributed by atoms with van der Waals surface area (Å²) in [5.74, 6) is -0.833. The molecule has 0 bridgehead atoms. The van der Waals surface area contributed by atoms with Crippen LogP contribution < -0.4 is 15.9 Å². The summed E-state index contributed by atoms with van der Waals surface area (Å²) >= 11 is 0. The molecule has 4 aromatic rings. The second-order valence-corrected chi connectivity index (χ2v) is 11.0. The first-order valence-electron chi connectivity index (χ1n) is 12.4. The van der Waals surface area contributed by atoms with E-state index in [0.717, 1.165) is 13.5 Å². The maximum absolute atomic E-state index is 9.00. The van der Waals surface area contributed by atoms with Crippen molar-refractivity contribution in [3.05, 3.63) is 127 Å². The molecule has 0 atom stereocenters. The Kier molecular flexibility index (Phi) is 17.1. The number of hydrogen-bond acceptors (Lipinski definition) is 2. The standard InChI is InChI=1S/C18H15P.C12H18N.C2H4O2.Pd/c1-4-10-16(11-5-1)19(17-12-6-2-7-13-17)18-14-8-3-9-15-18;1-3-4-10-13(2)11-12-8-6-5-7-9-12;1-2(3)4;/h1-15H;5-8H,3-4,10-11H2,1-2H3;1H3,(H,3,4);/q;-1;;+2/p+1. The molecule has 0 saturated heterocycles. The van der Waals surface area contributed by atoms with Gasteiger partial charge in [-0.2, -0.15) is 30.3 Å². The average molecular weight is 606 g/mol. The van der Waals surface area contributed by atoms with Crippen molar-refractivity contribution in [2.24, 2.45) is 0 Å². The minimum Gasteiger partial charge on any atom is -0.481 e. The number of carboxylic acids is 1. The van der Waals surface area contributed by atoms with Crippen molar-refractivity contribution in [3.8, 4) is 0 Å². The monoisotopic (exact) mass is 605 g/mol. The van der Waals surface area contributed by atoms with Crippen molar-refractivity contribution >= 4 is 29.8 Å². The summed E-state index contributed by atoms with van der Waals surface area (Å²) in [6.45, 7) is 5.50. The molecule has 0 heterocycles. The predicted molar refractivity (Wildman–Crippen MR) is 156 cm³/mol. The summed E-state index contributed by atoms with van der Waals surface area (Å²) in [5.41, 5.74) is 1.28. The molecule has 0 amide bonds. The van der Waals surface area contributed by atoms with E-state index < -0.39 is 13.9 Å². The van der Waals surface area contributed by atoms with E-state index >= 15 is 0 Å². The Bertz CT molecular complexity index is 999.